The van der Waals surface area contributed by atoms with Crippen LogP contribution in [-0.4, -0.2) is 17.0 Å². The topological polar surface area (TPSA) is 80.4 Å². The van der Waals surface area contributed by atoms with Gasteiger partial charge in [0.25, 0.3) is 0 Å². The van der Waals surface area contributed by atoms with E-state index in [0.29, 0.717) is 0 Å². The molecule has 4 nitrogen and oxygen atoms in total. The predicted molar refractivity (Wildman–Crippen MR) is 44.5 cm³/mol. The molecule has 3 N–H and O–H groups in total. The molecule has 1 saturated carbocycles. The minimum absolute atomic E-state index is 0.0139. The average molecular weight is 181 g/mol. The molecule has 0 saturated heterocycles. The van der Waals surface area contributed by atoms with Gasteiger partial charge in [0.15, 0.2) is 0 Å². The number of aliphatic carboxylic acids is 1. The highest BCUT2D eigenvalue weighted by atomic mass is 16.4. The molecule has 2 aliphatic carbocycles. The van der Waals surface area contributed by atoms with Crippen LogP contribution in [0.4, 0.5) is 0 Å². The van der Waals surface area contributed by atoms with E-state index in [4.69, 9.17) is 10.8 Å². The van der Waals surface area contributed by atoms with Crippen LogP contribution in [-0.2, 0) is 9.59 Å². The van der Waals surface area contributed by atoms with E-state index in [2.05, 4.69) is 0 Å². The Morgan fingerprint density at radius 1 is 1.23 bits per heavy atom. The fourth-order valence-electron chi connectivity index (χ4n) is 2.55. The molecule has 2 rings (SSSR count). The van der Waals surface area contributed by atoms with Crippen molar-refractivity contribution in [1.82, 2.24) is 0 Å². The summed E-state index contributed by atoms with van der Waals surface area (Å²) in [5.74, 6) is -2.39. The van der Waals surface area contributed by atoms with Crippen LogP contribution in [0.15, 0.2) is 12.2 Å². The van der Waals surface area contributed by atoms with Gasteiger partial charge in [-0.3, -0.25) is 9.59 Å². The normalized spacial score (nSPS) is 40.9. The lowest BCUT2D eigenvalue weighted by molar-refractivity contribution is -0.147. The summed E-state index contributed by atoms with van der Waals surface area (Å²) in [5.41, 5.74) is 5.18. The zero-order chi connectivity index (χ0) is 9.59. The summed E-state index contributed by atoms with van der Waals surface area (Å²) in [7, 11) is 0. The molecule has 0 radical (unpaired) electrons. The van der Waals surface area contributed by atoms with Crippen molar-refractivity contribution in [1.29, 1.82) is 0 Å². The van der Waals surface area contributed by atoms with E-state index in [-0.39, 0.29) is 11.8 Å². The third-order valence-corrected chi connectivity index (χ3v) is 3.07. The minimum Gasteiger partial charge on any atom is -0.481 e. The summed E-state index contributed by atoms with van der Waals surface area (Å²) in [5, 5.41) is 8.91. The molecule has 0 spiro atoms. The highest BCUT2D eigenvalue weighted by molar-refractivity contribution is 5.85. The molecular weight excluding hydrogens is 170 g/mol. The van der Waals surface area contributed by atoms with Crippen LogP contribution in [0, 0.1) is 23.7 Å². The number of carboxylic acids is 1. The minimum atomic E-state index is -0.902. The van der Waals surface area contributed by atoms with Gasteiger partial charge in [-0.15, -0.1) is 0 Å². The van der Waals surface area contributed by atoms with Gasteiger partial charge in [-0.1, -0.05) is 12.2 Å². The van der Waals surface area contributed by atoms with E-state index in [1.165, 1.54) is 0 Å². The van der Waals surface area contributed by atoms with E-state index >= 15 is 0 Å². The second-order valence-corrected chi connectivity index (χ2v) is 3.74. The standard InChI is InChI=1S/C9H11NO3/c10-8(11)6-4-1-2-5(3-4)7(6)9(12)13/h1-2,4-7H,3H2,(H2,10,11)(H,12,13)/t4-,5-,6+,7-/m0/s1. The molecule has 2 aliphatic rings. The van der Waals surface area contributed by atoms with Gasteiger partial charge in [0.1, 0.15) is 0 Å². The van der Waals surface area contributed by atoms with Crippen molar-refractivity contribution in [3.05, 3.63) is 12.2 Å². The van der Waals surface area contributed by atoms with Crippen molar-refractivity contribution < 1.29 is 14.7 Å². The molecule has 0 aromatic heterocycles. The molecular formula is C9H11NO3. The smallest absolute Gasteiger partial charge is 0.307 e. The maximum atomic E-state index is 11.0. The van der Waals surface area contributed by atoms with Gasteiger partial charge in [-0.25, -0.2) is 0 Å². The first-order valence-electron chi connectivity index (χ1n) is 4.31. The van der Waals surface area contributed by atoms with E-state index in [1.807, 2.05) is 12.2 Å². The third kappa shape index (κ3) is 1.05. The predicted octanol–water partition coefficient (Wildman–Crippen LogP) is -0.00540. The van der Waals surface area contributed by atoms with Crippen LogP contribution in [0.25, 0.3) is 0 Å². The Labute approximate surface area is 75.4 Å². The van der Waals surface area contributed by atoms with Crippen molar-refractivity contribution in [2.75, 3.05) is 0 Å². The summed E-state index contributed by atoms with van der Waals surface area (Å²) in [4.78, 5) is 21.9. The zero-order valence-electron chi connectivity index (χ0n) is 7.01. The number of primary amides is 1. The molecule has 4 atom stereocenters. The number of carbonyl (C=O) groups excluding carboxylic acids is 1. The van der Waals surface area contributed by atoms with Gasteiger partial charge in [-0.05, 0) is 18.3 Å². The van der Waals surface area contributed by atoms with E-state index < -0.39 is 23.7 Å². The lowest BCUT2D eigenvalue weighted by Crippen LogP contribution is -2.36. The van der Waals surface area contributed by atoms with Crippen LogP contribution in [0.1, 0.15) is 6.42 Å². The number of nitrogens with two attached hydrogens (primary N) is 1. The number of hydrogen-bond acceptors (Lipinski definition) is 2. The van der Waals surface area contributed by atoms with Gasteiger partial charge >= 0.3 is 5.97 Å². The molecule has 0 aliphatic heterocycles. The van der Waals surface area contributed by atoms with Gasteiger partial charge in [0.2, 0.25) is 5.91 Å². The first kappa shape index (κ1) is 8.29. The van der Waals surface area contributed by atoms with Crippen LogP contribution in [0.3, 0.4) is 0 Å². The average Bonchev–Trinajstić information content (AvgIpc) is 2.60. The van der Waals surface area contributed by atoms with Crippen LogP contribution in [0.2, 0.25) is 0 Å². The Morgan fingerprint density at radius 3 is 2.15 bits per heavy atom. The lowest BCUT2D eigenvalue weighted by Gasteiger charge is -2.21. The molecule has 0 heterocycles. The quantitative estimate of drug-likeness (QED) is 0.588. The Hall–Kier alpha value is -1.32. The van der Waals surface area contributed by atoms with Gasteiger partial charge in [0, 0.05) is 0 Å². The molecule has 0 aromatic rings. The van der Waals surface area contributed by atoms with Crippen molar-refractivity contribution in [3.63, 3.8) is 0 Å². The van der Waals surface area contributed by atoms with Gasteiger partial charge in [0.05, 0.1) is 11.8 Å². The molecule has 13 heavy (non-hydrogen) atoms. The number of carbonyl (C=O) groups is 2. The Balaban J connectivity index is 2.30. The van der Waals surface area contributed by atoms with Gasteiger partial charge < -0.3 is 10.8 Å². The number of amides is 1. The lowest BCUT2D eigenvalue weighted by atomic mass is 9.83. The summed E-state index contributed by atoms with van der Waals surface area (Å²) in [6, 6.07) is 0. The Kier molecular flexibility index (Phi) is 1.65. The van der Waals surface area contributed by atoms with Crippen molar-refractivity contribution >= 4 is 11.9 Å². The third-order valence-electron chi connectivity index (χ3n) is 3.07. The van der Waals surface area contributed by atoms with Crippen LogP contribution < -0.4 is 5.73 Å². The summed E-state index contributed by atoms with van der Waals surface area (Å²) in [6.07, 6.45) is 4.58. The van der Waals surface area contributed by atoms with Crippen LogP contribution >= 0.6 is 0 Å². The number of rotatable bonds is 2. The zero-order valence-corrected chi connectivity index (χ0v) is 7.01. The maximum Gasteiger partial charge on any atom is 0.307 e. The molecule has 1 amide bonds. The molecule has 1 fully saturated rings. The van der Waals surface area contributed by atoms with E-state index in [0.717, 1.165) is 6.42 Å². The van der Waals surface area contributed by atoms with Crippen LogP contribution in [0.5, 0.6) is 0 Å². The number of carboxylic acid groups (broad SMARTS) is 1. The monoisotopic (exact) mass is 181 g/mol. The molecule has 2 bridgehead atoms. The number of fused-ring (bicyclic) bond motifs is 2. The molecule has 4 heteroatoms. The van der Waals surface area contributed by atoms with E-state index in [9.17, 15) is 9.59 Å². The van der Waals surface area contributed by atoms with Crippen molar-refractivity contribution in [3.8, 4) is 0 Å². The second kappa shape index (κ2) is 2.58. The fourth-order valence-corrected chi connectivity index (χ4v) is 2.55. The number of allylic oxidation sites excluding steroid dienone is 2. The number of hydrogen-bond donors (Lipinski definition) is 2. The first-order valence-corrected chi connectivity index (χ1v) is 4.31. The van der Waals surface area contributed by atoms with E-state index in [1.54, 1.807) is 0 Å². The second-order valence-electron chi connectivity index (χ2n) is 3.74. The SMILES string of the molecule is NC(=O)[C@H]1[C@@H](C(=O)O)[C@H]2C=C[C@H]1C2. The summed E-state index contributed by atoms with van der Waals surface area (Å²) >= 11 is 0. The van der Waals surface area contributed by atoms with Crippen molar-refractivity contribution in [2.24, 2.45) is 29.4 Å². The molecule has 0 aromatic carbocycles. The maximum absolute atomic E-state index is 11.0. The largest absolute Gasteiger partial charge is 0.481 e. The Bertz CT molecular complexity index is 269. The fraction of sp³-hybridized carbons (Fsp3) is 0.556. The molecule has 0 unspecified atom stereocenters. The van der Waals surface area contributed by atoms with Crippen molar-refractivity contribution in [2.45, 2.75) is 6.42 Å². The highest BCUT2D eigenvalue weighted by Gasteiger charge is 2.50. The summed E-state index contributed by atoms with van der Waals surface area (Å²) in [6.45, 7) is 0. The first-order chi connectivity index (χ1) is 6.11. The highest BCUT2D eigenvalue weighted by Crippen LogP contribution is 2.47. The molecule has 70 valence electrons. The van der Waals surface area contributed by atoms with Gasteiger partial charge in [-0.2, -0.15) is 0 Å². The summed E-state index contributed by atoms with van der Waals surface area (Å²) < 4.78 is 0. The Morgan fingerprint density at radius 2 is 1.77 bits per heavy atom.